The van der Waals surface area contributed by atoms with Gasteiger partial charge in [-0.15, -0.1) is 0 Å². The van der Waals surface area contributed by atoms with E-state index in [1.807, 2.05) is 12.1 Å². The highest BCUT2D eigenvalue weighted by Gasteiger charge is 2.22. The van der Waals surface area contributed by atoms with Crippen molar-refractivity contribution in [2.24, 2.45) is 0 Å². The first-order valence-corrected chi connectivity index (χ1v) is 6.85. The molecule has 0 fully saturated rings. The van der Waals surface area contributed by atoms with E-state index < -0.39 is 5.97 Å². The fraction of sp³-hybridized carbons (Fsp3) is 0.250. The van der Waals surface area contributed by atoms with E-state index in [1.165, 1.54) is 18.2 Å². The molecule has 0 saturated carbocycles. The number of esters is 1. The second-order valence-corrected chi connectivity index (χ2v) is 5.13. The summed E-state index contributed by atoms with van der Waals surface area (Å²) in [7, 11) is 1.34. The summed E-state index contributed by atoms with van der Waals surface area (Å²) in [6.45, 7) is 0. The molecule has 0 unspecified atom stereocenters. The van der Waals surface area contributed by atoms with Gasteiger partial charge < -0.3 is 15.8 Å². The SMILES string of the molecule is COC(=O)c1ccnc(NC2Cc3ccccc3C2)c1N. The molecule has 0 saturated heterocycles. The molecule has 0 atom stereocenters. The van der Waals surface area contributed by atoms with Gasteiger partial charge in [-0.1, -0.05) is 24.3 Å². The predicted octanol–water partition coefficient (Wildman–Crippen LogP) is 2.03. The number of carbonyl (C=O) groups is 1. The summed E-state index contributed by atoms with van der Waals surface area (Å²) in [5.74, 6) is 0.0864. The smallest absolute Gasteiger partial charge is 0.340 e. The number of nitrogens with two attached hydrogens (primary N) is 1. The third-order valence-electron chi connectivity index (χ3n) is 3.79. The number of carbonyl (C=O) groups excluding carboxylic acids is 1. The number of benzene rings is 1. The van der Waals surface area contributed by atoms with Crippen LogP contribution >= 0.6 is 0 Å². The van der Waals surface area contributed by atoms with Crippen molar-refractivity contribution >= 4 is 17.5 Å². The summed E-state index contributed by atoms with van der Waals surface area (Å²) < 4.78 is 4.72. The van der Waals surface area contributed by atoms with Crippen LogP contribution in [0.25, 0.3) is 0 Å². The minimum absolute atomic E-state index is 0.241. The Morgan fingerprint density at radius 3 is 2.57 bits per heavy atom. The molecule has 108 valence electrons. The predicted molar refractivity (Wildman–Crippen MR) is 81.2 cm³/mol. The maximum absolute atomic E-state index is 11.6. The Kier molecular flexibility index (Phi) is 3.48. The summed E-state index contributed by atoms with van der Waals surface area (Å²) in [6, 6.07) is 10.2. The first kappa shape index (κ1) is 13.4. The van der Waals surface area contributed by atoms with Gasteiger partial charge in [-0.25, -0.2) is 9.78 Å². The summed E-state index contributed by atoms with van der Waals surface area (Å²) in [4.78, 5) is 15.9. The Bertz CT molecular complexity index is 660. The van der Waals surface area contributed by atoms with Gasteiger partial charge in [0.2, 0.25) is 0 Å². The van der Waals surface area contributed by atoms with Gasteiger partial charge in [0.1, 0.15) is 5.82 Å². The van der Waals surface area contributed by atoms with Gasteiger partial charge in [0.15, 0.2) is 0 Å². The third kappa shape index (κ3) is 2.54. The molecule has 0 spiro atoms. The number of rotatable bonds is 3. The lowest BCUT2D eigenvalue weighted by atomic mass is 10.1. The second-order valence-electron chi connectivity index (χ2n) is 5.13. The van der Waals surface area contributed by atoms with Crippen molar-refractivity contribution in [1.29, 1.82) is 0 Å². The molecule has 1 aromatic carbocycles. The summed E-state index contributed by atoms with van der Waals surface area (Å²) >= 11 is 0. The molecule has 0 amide bonds. The molecule has 0 aliphatic heterocycles. The van der Waals surface area contributed by atoms with Crippen molar-refractivity contribution < 1.29 is 9.53 Å². The first-order valence-electron chi connectivity index (χ1n) is 6.85. The minimum Gasteiger partial charge on any atom is -0.465 e. The lowest BCUT2D eigenvalue weighted by Crippen LogP contribution is -2.22. The van der Waals surface area contributed by atoms with E-state index in [9.17, 15) is 4.79 Å². The average Bonchev–Trinajstić information content (AvgIpc) is 2.91. The molecule has 1 aromatic heterocycles. The van der Waals surface area contributed by atoms with E-state index in [2.05, 4.69) is 22.4 Å². The van der Waals surface area contributed by atoms with E-state index in [0.29, 0.717) is 17.1 Å². The Labute approximate surface area is 123 Å². The zero-order chi connectivity index (χ0) is 14.8. The third-order valence-corrected chi connectivity index (χ3v) is 3.79. The van der Waals surface area contributed by atoms with Crippen LogP contribution in [0, 0.1) is 0 Å². The number of fused-ring (bicyclic) bond motifs is 1. The zero-order valence-corrected chi connectivity index (χ0v) is 11.8. The van der Waals surface area contributed by atoms with Crippen molar-refractivity contribution in [2.75, 3.05) is 18.2 Å². The van der Waals surface area contributed by atoms with Crippen molar-refractivity contribution in [2.45, 2.75) is 18.9 Å². The van der Waals surface area contributed by atoms with E-state index >= 15 is 0 Å². The molecule has 3 N–H and O–H groups in total. The molecule has 1 heterocycles. The van der Waals surface area contributed by atoms with Crippen LogP contribution in [-0.4, -0.2) is 24.1 Å². The van der Waals surface area contributed by atoms with Crippen LogP contribution in [0.3, 0.4) is 0 Å². The Morgan fingerprint density at radius 1 is 1.29 bits per heavy atom. The van der Waals surface area contributed by atoms with Crippen LogP contribution in [-0.2, 0) is 17.6 Å². The molecule has 3 rings (SSSR count). The molecule has 0 radical (unpaired) electrons. The highest BCUT2D eigenvalue weighted by atomic mass is 16.5. The van der Waals surface area contributed by atoms with Gasteiger partial charge in [-0.2, -0.15) is 0 Å². The lowest BCUT2D eigenvalue weighted by molar-refractivity contribution is 0.0602. The number of hydrogen-bond donors (Lipinski definition) is 2. The number of nitrogen functional groups attached to an aromatic ring is 1. The van der Waals surface area contributed by atoms with Crippen LogP contribution in [0.5, 0.6) is 0 Å². The molecular weight excluding hydrogens is 266 g/mol. The lowest BCUT2D eigenvalue weighted by Gasteiger charge is -2.15. The van der Waals surface area contributed by atoms with Crippen molar-refractivity contribution in [3.8, 4) is 0 Å². The molecule has 1 aliphatic carbocycles. The number of pyridine rings is 1. The fourth-order valence-electron chi connectivity index (χ4n) is 2.73. The fourth-order valence-corrected chi connectivity index (χ4v) is 2.73. The molecule has 2 aromatic rings. The standard InChI is InChI=1S/C16H17N3O2/c1-21-16(20)13-6-7-18-15(14(13)17)19-12-8-10-4-2-3-5-11(10)9-12/h2-7,12H,8-9,17H2,1H3,(H,18,19). The van der Waals surface area contributed by atoms with Crippen LogP contribution < -0.4 is 11.1 Å². The highest BCUT2D eigenvalue weighted by Crippen LogP contribution is 2.27. The second kappa shape index (κ2) is 5.44. The van der Waals surface area contributed by atoms with Crippen LogP contribution in [0.2, 0.25) is 0 Å². The zero-order valence-electron chi connectivity index (χ0n) is 11.8. The quantitative estimate of drug-likeness (QED) is 0.843. The number of methoxy groups -OCH3 is 1. The van der Waals surface area contributed by atoms with Gasteiger partial charge in [0, 0.05) is 12.2 Å². The van der Waals surface area contributed by atoms with Gasteiger partial charge in [0.05, 0.1) is 18.4 Å². The Morgan fingerprint density at radius 2 is 1.95 bits per heavy atom. The van der Waals surface area contributed by atoms with E-state index in [0.717, 1.165) is 12.8 Å². The van der Waals surface area contributed by atoms with E-state index in [-0.39, 0.29) is 6.04 Å². The van der Waals surface area contributed by atoms with Crippen molar-refractivity contribution in [1.82, 2.24) is 4.98 Å². The summed E-state index contributed by atoms with van der Waals surface area (Å²) in [5.41, 5.74) is 9.38. The van der Waals surface area contributed by atoms with Crippen LogP contribution in [0.4, 0.5) is 11.5 Å². The van der Waals surface area contributed by atoms with Gasteiger partial charge >= 0.3 is 5.97 Å². The number of nitrogens with zero attached hydrogens (tertiary/aromatic N) is 1. The van der Waals surface area contributed by atoms with Crippen LogP contribution in [0.15, 0.2) is 36.5 Å². The number of anilines is 2. The maximum atomic E-state index is 11.6. The van der Waals surface area contributed by atoms with Gasteiger partial charge in [0.25, 0.3) is 0 Å². The normalized spacial score (nSPS) is 13.8. The monoisotopic (exact) mass is 283 g/mol. The Hall–Kier alpha value is -2.56. The number of aromatic nitrogens is 1. The van der Waals surface area contributed by atoms with E-state index in [4.69, 9.17) is 10.5 Å². The highest BCUT2D eigenvalue weighted by molar-refractivity contribution is 5.97. The summed E-state index contributed by atoms with van der Waals surface area (Å²) in [5, 5.41) is 3.33. The van der Waals surface area contributed by atoms with Crippen molar-refractivity contribution in [3.05, 3.63) is 53.2 Å². The molecular formula is C16H17N3O2. The number of hydrogen-bond acceptors (Lipinski definition) is 5. The topological polar surface area (TPSA) is 77.2 Å². The van der Waals surface area contributed by atoms with E-state index in [1.54, 1.807) is 12.3 Å². The van der Waals surface area contributed by atoms with Gasteiger partial charge in [-0.05, 0) is 30.0 Å². The van der Waals surface area contributed by atoms with Crippen molar-refractivity contribution in [3.63, 3.8) is 0 Å². The Balaban J connectivity index is 1.79. The molecule has 5 heteroatoms. The van der Waals surface area contributed by atoms with Gasteiger partial charge in [-0.3, -0.25) is 0 Å². The summed E-state index contributed by atoms with van der Waals surface area (Å²) in [6.07, 6.45) is 3.42. The average molecular weight is 283 g/mol. The number of nitrogens with one attached hydrogen (secondary N) is 1. The number of ether oxygens (including phenoxy) is 1. The first-order chi connectivity index (χ1) is 10.2. The molecule has 0 bridgehead atoms. The molecule has 5 nitrogen and oxygen atoms in total. The molecule has 1 aliphatic rings. The minimum atomic E-state index is -0.451. The largest absolute Gasteiger partial charge is 0.465 e. The molecule has 21 heavy (non-hydrogen) atoms. The maximum Gasteiger partial charge on any atom is 0.340 e. The van der Waals surface area contributed by atoms with Crippen LogP contribution in [0.1, 0.15) is 21.5 Å².